The molecule has 0 aliphatic carbocycles. The number of thioether (sulfide) groups is 1. The minimum atomic E-state index is -0.393. The van der Waals surface area contributed by atoms with Gasteiger partial charge in [0.05, 0.1) is 18.4 Å². The Morgan fingerprint density at radius 2 is 1.83 bits per heavy atom. The molecule has 8 nitrogen and oxygen atoms in total. The van der Waals surface area contributed by atoms with E-state index in [1.165, 1.54) is 11.8 Å². The van der Waals surface area contributed by atoms with Crippen LogP contribution in [0.3, 0.4) is 0 Å². The van der Waals surface area contributed by atoms with Crippen molar-refractivity contribution in [3.05, 3.63) is 58.6 Å². The van der Waals surface area contributed by atoms with Crippen LogP contribution in [0.5, 0.6) is 5.75 Å². The van der Waals surface area contributed by atoms with Crippen molar-refractivity contribution in [1.82, 2.24) is 25.6 Å². The summed E-state index contributed by atoms with van der Waals surface area (Å²) in [6.45, 7) is 2.61. The van der Waals surface area contributed by atoms with Crippen LogP contribution < -0.4 is 15.6 Å². The fourth-order valence-electron chi connectivity index (χ4n) is 2.68. The van der Waals surface area contributed by atoms with E-state index in [2.05, 4.69) is 37.0 Å². The number of halogens is 1. The predicted molar refractivity (Wildman–Crippen MR) is 118 cm³/mol. The van der Waals surface area contributed by atoms with Crippen LogP contribution in [0.15, 0.2) is 58.2 Å². The number of hydrazine groups is 1. The molecule has 0 aliphatic rings. The number of hydrogen-bond donors (Lipinski definition) is 2. The Kier molecular flexibility index (Phi) is 7.47. The van der Waals surface area contributed by atoms with E-state index in [1.54, 1.807) is 31.4 Å². The van der Waals surface area contributed by atoms with Gasteiger partial charge in [0.1, 0.15) is 5.75 Å². The molecule has 2 N–H and O–H groups in total. The SMILES string of the molecule is CCn1c(SCC(=O)NNC(=O)c2ccc(Br)cc2)nnc1-c1ccccc1OC. The molecule has 156 valence electrons. The molecule has 1 aromatic heterocycles. The number of methoxy groups -OCH3 is 1. The van der Waals surface area contributed by atoms with Gasteiger partial charge >= 0.3 is 0 Å². The predicted octanol–water partition coefficient (Wildman–Crippen LogP) is 3.29. The van der Waals surface area contributed by atoms with Gasteiger partial charge in [-0.15, -0.1) is 10.2 Å². The molecule has 1 heterocycles. The molecule has 0 fully saturated rings. The van der Waals surface area contributed by atoms with Crippen LogP contribution >= 0.6 is 27.7 Å². The zero-order valence-electron chi connectivity index (χ0n) is 16.4. The van der Waals surface area contributed by atoms with Gasteiger partial charge in [-0.05, 0) is 43.3 Å². The van der Waals surface area contributed by atoms with Crippen molar-refractivity contribution in [2.75, 3.05) is 12.9 Å². The number of ether oxygens (including phenoxy) is 1. The van der Waals surface area contributed by atoms with Gasteiger partial charge < -0.3 is 9.30 Å². The highest BCUT2D eigenvalue weighted by molar-refractivity contribution is 9.10. The molecule has 0 saturated heterocycles. The largest absolute Gasteiger partial charge is 0.496 e. The molecule has 2 amide bonds. The van der Waals surface area contributed by atoms with Gasteiger partial charge in [-0.2, -0.15) is 0 Å². The normalized spacial score (nSPS) is 10.5. The Bertz CT molecular complexity index is 1040. The standard InChI is InChI=1S/C20H20BrN5O3S/c1-3-26-18(15-6-4-5-7-16(15)29-2)23-25-20(26)30-12-17(27)22-24-19(28)13-8-10-14(21)11-9-13/h4-11H,3,12H2,1-2H3,(H,22,27)(H,24,28). The molecule has 2 aromatic carbocycles. The Hall–Kier alpha value is -2.85. The zero-order chi connectivity index (χ0) is 21.5. The lowest BCUT2D eigenvalue weighted by atomic mass is 10.2. The first-order valence-corrected chi connectivity index (χ1v) is 10.9. The Balaban J connectivity index is 1.60. The maximum Gasteiger partial charge on any atom is 0.269 e. The van der Waals surface area contributed by atoms with Gasteiger partial charge in [0, 0.05) is 16.6 Å². The summed E-state index contributed by atoms with van der Waals surface area (Å²) in [6, 6.07) is 14.4. The lowest BCUT2D eigenvalue weighted by Gasteiger charge is -2.10. The Labute approximate surface area is 186 Å². The summed E-state index contributed by atoms with van der Waals surface area (Å²) in [5.41, 5.74) is 6.08. The quantitative estimate of drug-likeness (QED) is 0.390. The van der Waals surface area contributed by atoms with Crippen molar-refractivity contribution in [3.63, 3.8) is 0 Å². The number of hydrogen-bond acceptors (Lipinski definition) is 6. The maximum atomic E-state index is 12.2. The van der Waals surface area contributed by atoms with Crippen molar-refractivity contribution in [1.29, 1.82) is 0 Å². The molecule has 0 atom stereocenters. The van der Waals surface area contributed by atoms with E-state index in [0.717, 1.165) is 10.0 Å². The first kappa shape index (κ1) is 21.8. The number of carbonyl (C=O) groups is 2. The lowest BCUT2D eigenvalue weighted by Crippen LogP contribution is -2.42. The van der Waals surface area contributed by atoms with Crippen LogP contribution in [0.2, 0.25) is 0 Å². The van der Waals surface area contributed by atoms with Crippen molar-refractivity contribution in [2.45, 2.75) is 18.6 Å². The molecule has 0 bridgehead atoms. The lowest BCUT2D eigenvalue weighted by molar-refractivity contribution is -0.119. The number of benzene rings is 2. The molecule has 0 radical (unpaired) electrons. The van der Waals surface area contributed by atoms with Gasteiger partial charge in [-0.1, -0.05) is 39.8 Å². The van der Waals surface area contributed by atoms with Gasteiger partial charge in [0.25, 0.3) is 5.91 Å². The minimum Gasteiger partial charge on any atom is -0.496 e. The van der Waals surface area contributed by atoms with Crippen LogP contribution in [0, 0.1) is 0 Å². The van der Waals surface area contributed by atoms with Gasteiger partial charge in [-0.3, -0.25) is 20.4 Å². The van der Waals surface area contributed by atoms with E-state index in [1.807, 2.05) is 35.8 Å². The first-order chi connectivity index (χ1) is 14.5. The van der Waals surface area contributed by atoms with Crippen molar-refractivity contribution >= 4 is 39.5 Å². The van der Waals surface area contributed by atoms with Crippen molar-refractivity contribution in [2.24, 2.45) is 0 Å². The molecule has 3 rings (SSSR count). The monoisotopic (exact) mass is 489 g/mol. The van der Waals surface area contributed by atoms with Crippen LogP contribution in [0.25, 0.3) is 11.4 Å². The number of nitrogens with one attached hydrogen (secondary N) is 2. The fraction of sp³-hybridized carbons (Fsp3) is 0.200. The molecular weight excluding hydrogens is 470 g/mol. The Morgan fingerprint density at radius 3 is 2.53 bits per heavy atom. The summed E-state index contributed by atoms with van der Waals surface area (Å²) in [5.74, 6) is 0.696. The molecular formula is C20H20BrN5O3S. The van der Waals surface area contributed by atoms with E-state index in [4.69, 9.17) is 4.74 Å². The molecule has 30 heavy (non-hydrogen) atoms. The second-order valence-electron chi connectivity index (χ2n) is 6.05. The van der Waals surface area contributed by atoms with Crippen LogP contribution in [-0.4, -0.2) is 39.4 Å². The van der Waals surface area contributed by atoms with Crippen LogP contribution in [0.1, 0.15) is 17.3 Å². The third kappa shape index (κ3) is 5.19. The highest BCUT2D eigenvalue weighted by atomic mass is 79.9. The topological polar surface area (TPSA) is 98.1 Å². The third-order valence-corrected chi connectivity index (χ3v) is 5.63. The number of aromatic nitrogens is 3. The molecule has 3 aromatic rings. The molecule has 0 aliphatic heterocycles. The third-order valence-electron chi connectivity index (χ3n) is 4.14. The van der Waals surface area contributed by atoms with Gasteiger partial charge in [-0.25, -0.2) is 0 Å². The van der Waals surface area contributed by atoms with E-state index in [-0.39, 0.29) is 11.7 Å². The summed E-state index contributed by atoms with van der Waals surface area (Å²) < 4.78 is 8.19. The fourth-order valence-corrected chi connectivity index (χ4v) is 3.74. The summed E-state index contributed by atoms with van der Waals surface area (Å²) >= 11 is 4.55. The van der Waals surface area contributed by atoms with Gasteiger partial charge in [0.15, 0.2) is 11.0 Å². The average molecular weight is 490 g/mol. The number of carbonyl (C=O) groups excluding carboxylic acids is 2. The van der Waals surface area contributed by atoms with Crippen LogP contribution in [-0.2, 0) is 11.3 Å². The highest BCUT2D eigenvalue weighted by Gasteiger charge is 2.17. The number of nitrogens with zero attached hydrogens (tertiary/aromatic N) is 3. The van der Waals surface area contributed by atoms with E-state index in [9.17, 15) is 9.59 Å². The van der Waals surface area contributed by atoms with Gasteiger partial charge in [0.2, 0.25) is 5.91 Å². The highest BCUT2D eigenvalue weighted by Crippen LogP contribution is 2.30. The zero-order valence-corrected chi connectivity index (χ0v) is 18.8. The average Bonchev–Trinajstić information content (AvgIpc) is 3.19. The first-order valence-electron chi connectivity index (χ1n) is 9.07. The summed E-state index contributed by atoms with van der Waals surface area (Å²) in [5, 5.41) is 9.09. The van der Waals surface area contributed by atoms with Crippen molar-refractivity contribution < 1.29 is 14.3 Å². The van der Waals surface area contributed by atoms with Crippen LogP contribution in [0.4, 0.5) is 0 Å². The van der Waals surface area contributed by atoms with E-state index >= 15 is 0 Å². The second-order valence-corrected chi connectivity index (χ2v) is 7.91. The number of para-hydroxylation sites is 1. The van der Waals surface area contributed by atoms with Crippen molar-refractivity contribution in [3.8, 4) is 17.1 Å². The molecule has 0 saturated carbocycles. The molecule has 0 spiro atoms. The Morgan fingerprint density at radius 1 is 1.10 bits per heavy atom. The summed E-state index contributed by atoms with van der Waals surface area (Å²) in [7, 11) is 1.61. The number of rotatable bonds is 7. The number of amides is 2. The minimum absolute atomic E-state index is 0.0741. The second kappa shape index (κ2) is 10.3. The molecule has 0 unspecified atom stereocenters. The smallest absolute Gasteiger partial charge is 0.269 e. The summed E-state index contributed by atoms with van der Waals surface area (Å²) in [6.07, 6.45) is 0. The van der Waals surface area contributed by atoms with E-state index < -0.39 is 5.91 Å². The van der Waals surface area contributed by atoms with E-state index in [0.29, 0.717) is 28.8 Å². The maximum absolute atomic E-state index is 12.2. The summed E-state index contributed by atoms with van der Waals surface area (Å²) in [4.78, 5) is 24.2. The molecule has 10 heteroatoms.